The number of hydrogen-bond donors (Lipinski definition) is 1. The molecule has 3 aromatic rings. The van der Waals surface area contributed by atoms with Crippen LogP contribution in [0, 0.1) is 12.8 Å². The number of rotatable bonds is 6. The third-order valence-corrected chi connectivity index (χ3v) is 6.93. The van der Waals surface area contributed by atoms with Gasteiger partial charge in [0.05, 0.1) is 5.69 Å². The van der Waals surface area contributed by atoms with E-state index in [4.69, 9.17) is 4.52 Å². The summed E-state index contributed by atoms with van der Waals surface area (Å²) in [4.78, 5) is 17.1. The van der Waals surface area contributed by atoms with E-state index < -0.39 is 10.0 Å². The van der Waals surface area contributed by atoms with Crippen molar-refractivity contribution in [1.82, 2.24) is 14.4 Å². The summed E-state index contributed by atoms with van der Waals surface area (Å²) in [5.74, 6) is 0.426. The number of sulfonamides is 1. The molecule has 1 fully saturated rings. The first-order chi connectivity index (χ1) is 15.4. The molecule has 0 saturated carbocycles. The Morgan fingerprint density at radius 3 is 2.47 bits per heavy atom. The lowest BCUT2D eigenvalue weighted by Gasteiger charge is -2.29. The quantitative estimate of drug-likeness (QED) is 0.611. The molecule has 2 aromatic carbocycles. The normalized spacial score (nSPS) is 15.8. The fourth-order valence-corrected chi connectivity index (χ4v) is 4.84. The van der Waals surface area contributed by atoms with Crippen LogP contribution >= 0.6 is 0 Å². The molecule has 166 valence electrons. The molecule has 8 nitrogen and oxygen atoms in total. The third-order valence-electron chi connectivity index (χ3n) is 5.37. The maximum absolute atomic E-state index is 12.9. The van der Waals surface area contributed by atoms with E-state index in [9.17, 15) is 13.2 Å². The van der Waals surface area contributed by atoms with Crippen LogP contribution < -0.4 is 5.32 Å². The highest BCUT2D eigenvalue weighted by Gasteiger charge is 2.30. The zero-order chi connectivity index (χ0) is 22.6. The molecule has 1 saturated heterocycles. The molecule has 1 N–H and O–H groups in total. The van der Waals surface area contributed by atoms with Gasteiger partial charge in [0.15, 0.2) is 0 Å². The van der Waals surface area contributed by atoms with Crippen LogP contribution in [0.2, 0.25) is 0 Å². The summed E-state index contributed by atoms with van der Waals surface area (Å²) in [6.07, 6.45) is 2.49. The molecule has 0 atom stereocenters. The van der Waals surface area contributed by atoms with Gasteiger partial charge >= 0.3 is 0 Å². The molecular weight excluding hydrogens is 428 g/mol. The van der Waals surface area contributed by atoms with Crippen LogP contribution in [0.1, 0.15) is 24.3 Å². The topological polar surface area (TPSA) is 105 Å². The van der Waals surface area contributed by atoms with Gasteiger partial charge in [0.1, 0.15) is 0 Å². The smallest absolute Gasteiger partial charge is 0.236 e. The van der Waals surface area contributed by atoms with Crippen LogP contribution in [0.15, 0.2) is 64.5 Å². The second kappa shape index (κ2) is 9.46. The van der Waals surface area contributed by atoms with Crippen molar-refractivity contribution < 1.29 is 17.7 Å². The average Bonchev–Trinajstić information content (AvgIpc) is 3.25. The minimum absolute atomic E-state index is 0.144. The highest BCUT2D eigenvalue weighted by atomic mass is 32.2. The molecule has 2 heterocycles. The Balaban J connectivity index is 1.38. The van der Waals surface area contributed by atoms with Crippen molar-refractivity contribution in [3.05, 3.63) is 71.5 Å². The lowest BCUT2D eigenvalue weighted by atomic mass is 9.97. The monoisotopic (exact) mass is 452 g/mol. The largest absolute Gasteiger partial charge is 0.339 e. The predicted octanol–water partition coefficient (Wildman–Crippen LogP) is 3.70. The number of hydrogen-bond acceptors (Lipinski definition) is 6. The van der Waals surface area contributed by atoms with Crippen LogP contribution in [0.4, 0.5) is 5.69 Å². The summed E-state index contributed by atoms with van der Waals surface area (Å²) < 4.78 is 31.8. The third kappa shape index (κ3) is 5.12. The van der Waals surface area contributed by atoms with Gasteiger partial charge in [-0.25, -0.2) is 8.42 Å². The molecule has 1 aromatic heterocycles. The van der Waals surface area contributed by atoms with Gasteiger partial charge in [-0.3, -0.25) is 4.79 Å². The van der Waals surface area contributed by atoms with Crippen LogP contribution in [-0.2, 0) is 14.8 Å². The number of aromatic nitrogens is 2. The Morgan fingerprint density at radius 1 is 1.09 bits per heavy atom. The van der Waals surface area contributed by atoms with E-state index in [0.29, 0.717) is 48.9 Å². The highest BCUT2D eigenvalue weighted by molar-refractivity contribution is 7.92. The van der Waals surface area contributed by atoms with Gasteiger partial charge in [-0.1, -0.05) is 47.6 Å². The summed E-state index contributed by atoms with van der Waals surface area (Å²) in [5, 5.41) is 8.10. The van der Waals surface area contributed by atoms with Gasteiger partial charge < -0.3 is 9.84 Å². The van der Waals surface area contributed by atoms with Crippen molar-refractivity contribution in [2.75, 3.05) is 18.4 Å². The standard InChI is InChI=1S/C23H24N4O4S/c1-17-24-22(26-31-17)20-9-5-6-10-21(20)25-23(28)19-11-14-27(15-12-19)32(29,30)16-13-18-7-3-2-4-8-18/h2-10,13,16,19H,11-12,14-15H2,1H3,(H,25,28)/b16-13+. The number of nitrogens with zero attached hydrogens (tertiary/aromatic N) is 3. The van der Waals surface area contributed by atoms with Gasteiger partial charge in [-0.15, -0.1) is 0 Å². The number of benzene rings is 2. The average molecular weight is 453 g/mol. The fraction of sp³-hybridized carbons (Fsp3) is 0.261. The number of anilines is 1. The van der Waals surface area contributed by atoms with E-state index in [-0.39, 0.29) is 11.8 Å². The van der Waals surface area contributed by atoms with Gasteiger partial charge in [0.25, 0.3) is 0 Å². The lowest BCUT2D eigenvalue weighted by Crippen LogP contribution is -2.40. The first kappa shape index (κ1) is 21.9. The number of carbonyl (C=O) groups excluding carboxylic acids is 1. The maximum atomic E-state index is 12.9. The molecule has 0 bridgehead atoms. The predicted molar refractivity (Wildman–Crippen MR) is 122 cm³/mol. The Labute approximate surface area is 187 Å². The molecule has 0 aliphatic carbocycles. The molecule has 1 amide bonds. The summed E-state index contributed by atoms with van der Waals surface area (Å²) in [6, 6.07) is 16.5. The minimum Gasteiger partial charge on any atom is -0.339 e. The second-order valence-corrected chi connectivity index (χ2v) is 9.42. The number of amides is 1. The summed E-state index contributed by atoms with van der Waals surface area (Å²) in [5.41, 5.74) is 2.09. The first-order valence-corrected chi connectivity index (χ1v) is 11.9. The fourth-order valence-electron chi connectivity index (χ4n) is 3.62. The van der Waals surface area contributed by atoms with E-state index in [1.165, 1.54) is 9.71 Å². The number of nitrogens with one attached hydrogen (secondary N) is 1. The molecule has 1 aliphatic heterocycles. The maximum Gasteiger partial charge on any atom is 0.236 e. The minimum atomic E-state index is -3.54. The van der Waals surface area contributed by atoms with E-state index in [1.807, 2.05) is 48.5 Å². The first-order valence-electron chi connectivity index (χ1n) is 10.4. The Kier molecular flexibility index (Phi) is 6.48. The molecule has 9 heteroatoms. The van der Waals surface area contributed by atoms with E-state index in [2.05, 4.69) is 15.5 Å². The molecular formula is C23H24N4O4S. The number of piperidine rings is 1. The highest BCUT2D eigenvalue weighted by Crippen LogP contribution is 2.28. The zero-order valence-electron chi connectivity index (χ0n) is 17.6. The van der Waals surface area contributed by atoms with Gasteiger partial charge in [-0.05, 0) is 36.6 Å². The van der Waals surface area contributed by atoms with Crippen molar-refractivity contribution in [2.45, 2.75) is 19.8 Å². The van der Waals surface area contributed by atoms with Crippen LogP contribution in [-0.4, -0.2) is 41.9 Å². The van der Waals surface area contributed by atoms with Crippen molar-refractivity contribution >= 4 is 27.7 Å². The van der Waals surface area contributed by atoms with Crippen molar-refractivity contribution in [1.29, 1.82) is 0 Å². The molecule has 0 radical (unpaired) electrons. The van der Waals surface area contributed by atoms with Crippen molar-refractivity contribution in [2.24, 2.45) is 5.92 Å². The van der Waals surface area contributed by atoms with Gasteiger partial charge in [-0.2, -0.15) is 9.29 Å². The SMILES string of the molecule is Cc1nc(-c2ccccc2NC(=O)C2CCN(S(=O)(=O)/C=C/c3ccccc3)CC2)no1. The number of carbonyl (C=O) groups is 1. The molecule has 0 spiro atoms. The second-order valence-electron chi connectivity index (χ2n) is 7.60. The van der Waals surface area contributed by atoms with Gasteiger partial charge in [0.2, 0.25) is 27.6 Å². The Morgan fingerprint density at radius 2 is 1.78 bits per heavy atom. The van der Waals surface area contributed by atoms with E-state index >= 15 is 0 Å². The molecule has 32 heavy (non-hydrogen) atoms. The van der Waals surface area contributed by atoms with Crippen LogP contribution in [0.3, 0.4) is 0 Å². The number of aryl methyl sites for hydroxylation is 1. The van der Waals surface area contributed by atoms with Gasteiger partial charge in [0, 0.05) is 36.9 Å². The summed E-state index contributed by atoms with van der Waals surface area (Å²) in [7, 11) is -3.54. The molecule has 0 unspecified atom stereocenters. The summed E-state index contributed by atoms with van der Waals surface area (Å²) >= 11 is 0. The Hall–Kier alpha value is -3.30. The van der Waals surface area contributed by atoms with Crippen LogP contribution in [0.5, 0.6) is 0 Å². The van der Waals surface area contributed by atoms with Crippen LogP contribution in [0.25, 0.3) is 17.5 Å². The lowest BCUT2D eigenvalue weighted by molar-refractivity contribution is -0.120. The van der Waals surface area contributed by atoms with E-state index in [0.717, 1.165) is 5.56 Å². The van der Waals surface area contributed by atoms with E-state index in [1.54, 1.807) is 19.1 Å². The molecule has 1 aliphatic rings. The Bertz CT molecular complexity index is 1210. The zero-order valence-corrected chi connectivity index (χ0v) is 18.5. The molecule has 4 rings (SSSR count). The summed E-state index contributed by atoms with van der Waals surface area (Å²) in [6.45, 7) is 2.30. The van der Waals surface area contributed by atoms with Crippen molar-refractivity contribution in [3.63, 3.8) is 0 Å². The number of para-hydroxylation sites is 1. The van der Waals surface area contributed by atoms with Crippen molar-refractivity contribution in [3.8, 4) is 11.4 Å².